The van der Waals surface area contributed by atoms with Gasteiger partial charge in [0.25, 0.3) is 0 Å². The van der Waals surface area contributed by atoms with Crippen LogP contribution in [0, 0.1) is 0 Å². The lowest BCUT2D eigenvalue weighted by Crippen LogP contribution is -2.34. The molecule has 0 radical (unpaired) electrons. The monoisotopic (exact) mass is 495 g/mol. The smallest absolute Gasteiger partial charge is 0.420 e. The third-order valence-corrected chi connectivity index (χ3v) is 5.25. The summed E-state index contributed by atoms with van der Waals surface area (Å²) in [5.74, 6) is -0.661. The van der Waals surface area contributed by atoms with Crippen molar-refractivity contribution >= 4 is 28.3 Å². The molecule has 35 heavy (non-hydrogen) atoms. The van der Waals surface area contributed by atoms with Crippen molar-refractivity contribution in [1.82, 2.24) is 25.1 Å². The van der Waals surface area contributed by atoms with Gasteiger partial charge in [0.2, 0.25) is 5.89 Å². The Morgan fingerprint density at radius 3 is 2.66 bits per heavy atom. The van der Waals surface area contributed by atoms with Crippen LogP contribution in [-0.4, -0.2) is 45.0 Å². The minimum atomic E-state index is -4.81. The maximum absolute atomic E-state index is 15.0. The molecule has 0 fully saturated rings. The molecule has 0 saturated carbocycles. The lowest BCUT2D eigenvalue weighted by atomic mass is 10.0. The normalized spacial score (nSPS) is 14.1. The second-order valence-electron chi connectivity index (χ2n) is 7.93. The van der Waals surface area contributed by atoms with Crippen LogP contribution in [0.25, 0.3) is 22.4 Å². The highest BCUT2D eigenvalue weighted by Gasteiger charge is 2.36. The van der Waals surface area contributed by atoms with Crippen LogP contribution in [0.4, 0.5) is 17.6 Å². The topological polar surface area (TPSA) is 95.1 Å². The number of ether oxygens (including phenoxy) is 1. The van der Waals surface area contributed by atoms with Gasteiger partial charge < -0.3 is 19.0 Å². The Bertz CT molecular complexity index is 1260. The van der Waals surface area contributed by atoms with Crippen LogP contribution >= 0.6 is 0 Å². The average Bonchev–Trinajstić information content (AvgIpc) is 3.42. The largest absolute Gasteiger partial charge is 0.465 e. The number of alkyl halides is 4. The average molecular weight is 495 g/mol. The number of methoxy groups -OCH3 is 1. The number of nitrogens with one attached hydrogen (secondary N) is 1. The van der Waals surface area contributed by atoms with Crippen molar-refractivity contribution in [3.63, 3.8) is 0 Å². The lowest BCUT2D eigenvalue weighted by molar-refractivity contribution is -0.136. The predicted octanol–water partition coefficient (Wildman–Crippen LogP) is 4.93. The summed E-state index contributed by atoms with van der Waals surface area (Å²) in [6.07, 6.45) is -2.70. The van der Waals surface area contributed by atoms with Crippen molar-refractivity contribution in [3.05, 3.63) is 54.0 Å². The summed E-state index contributed by atoms with van der Waals surface area (Å²) < 4.78 is 67.7. The molecule has 0 aliphatic carbocycles. The van der Waals surface area contributed by atoms with E-state index in [1.54, 1.807) is 31.5 Å². The van der Waals surface area contributed by atoms with Crippen molar-refractivity contribution in [2.24, 2.45) is 7.05 Å². The fraction of sp³-hybridized carbons (Fsp3) is 0.391. The predicted molar refractivity (Wildman–Crippen MR) is 121 cm³/mol. The SMILES string of the molecule is C=C(C[C@@H](F)C(C)N/C(=C\CC)c1nc2cc(C(=O)OC)cc(C(F)(F)F)c2o1)c1nncn1C. The summed E-state index contributed by atoms with van der Waals surface area (Å²) in [6, 6.07) is 1.03. The highest BCUT2D eigenvalue weighted by molar-refractivity contribution is 5.94. The molecule has 1 aromatic carbocycles. The van der Waals surface area contributed by atoms with Crippen molar-refractivity contribution in [3.8, 4) is 0 Å². The molecule has 1 unspecified atom stereocenters. The Balaban J connectivity index is 1.90. The molecule has 0 aliphatic heterocycles. The molecule has 2 atom stereocenters. The van der Waals surface area contributed by atoms with Gasteiger partial charge in [-0.15, -0.1) is 10.2 Å². The van der Waals surface area contributed by atoms with Gasteiger partial charge in [0.05, 0.1) is 24.4 Å². The fourth-order valence-electron chi connectivity index (χ4n) is 3.45. The molecule has 188 valence electrons. The Morgan fingerprint density at radius 1 is 1.37 bits per heavy atom. The van der Waals surface area contributed by atoms with Gasteiger partial charge in [-0.1, -0.05) is 19.6 Å². The summed E-state index contributed by atoms with van der Waals surface area (Å²) in [4.78, 5) is 16.0. The first-order chi connectivity index (χ1) is 16.5. The number of fused-ring (bicyclic) bond motifs is 1. The van der Waals surface area contributed by atoms with E-state index in [4.69, 9.17) is 4.42 Å². The number of aryl methyl sites for hydroxylation is 1. The van der Waals surface area contributed by atoms with Gasteiger partial charge in [-0.2, -0.15) is 13.2 Å². The Morgan fingerprint density at radius 2 is 2.09 bits per heavy atom. The first-order valence-corrected chi connectivity index (χ1v) is 10.7. The van der Waals surface area contributed by atoms with Crippen molar-refractivity contribution in [2.45, 2.75) is 45.1 Å². The zero-order valence-corrected chi connectivity index (χ0v) is 19.6. The number of rotatable bonds is 9. The molecule has 3 aromatic rings. The summed E-state index contributed by atoms with van der Waals surface area (Å²) >= 11 is 0. The Labute approximate surface area is 198 Å². The minimum Gasteiger partial charge on any atom is -0.465 e. The van der Waals surface area contributed by atoms with E-state index in [1.807, 2.05) is 0 Å². The molecule has 2 aromatic heterocycles. The minimum absolute atomic E-state index is 0.0472. The standard InChI is InChI=1S/C23H25F4N5O3/c1-6-7-17(29-13(3)16(24)8-12(2)20-31-28-11-32(20)4)21-30-18-10-14(22(33)34-5)9-15(19(18)35-21)23(25,26)27/h7,9-11,13,16,29H,2,6,8H2,1,3-5H3/b17-7-/t13?,16-/m1/s1. The fourth-order valence-corrected chi connectivity index (χ4v) is 3.45. The number of benzene rings is 1. The first-order valence-electron chi connectivity index (χ1n) is 10.7. The quantitative estimate of drug-likeness (QED) is 0.332. The van der Waals surface area contributed by atoms with Gasteiger partial charge in [-0.3, -0.25) is 0 Å². The molecule has 8 nitrogen and oxygen atoms in total. The number of carbonyl (C=O) groups excluding carboxylic acids is 1. The first kappa shape index (κ1) is 25.9. The van der Waals surface area contributed by atoms with Crippen LogP contribution in [0.3, 0.4) is 0 Å². The van der Waals surface area contributed by atoms with Crippen molar-refractivity contribution in [1.29, 1.82) is 0 Å². The lowest BCUT2D eigenvalue weighted by Gasteiger charge is -2.21. The Kier molecular flexibility index (Phi) is 7.61. The Hall–Kier alpha value is -3.70. The van der Waals surface area contributed by atoms with Gasteiger partial charge in [0.1, 0.15) is 23.6 Å². The van der Waals surface area contributed by atoms with Crippen LogP contribution in [0.15, 0.2) is 35.5 Å². The third kappa shape index (κ3) is 5.69. The highest BCUT2D eigenvalue weighted by atomic mass is 19.4. The molecule has 0 saturated heterocycles. The molecule has 0 amide bonds. The van der Waals surface area contributed by atoms with Gasteiger partial charge in [-0.05, 0) is 31.1 Å². The maximum Gasteiger partial charge on any atom is 0.420 e. The van der Waals surface area contributed by atoms with E-state index in [9.17, 15) is 18.0 Å². The number of halogens is 4. The van der Waals surface area contributed by atoms with Gasteiger partial charge in [0, 0.05) is 13.5 Å². The second-order valence-corrected chi connectivity index (χ2v) is 7.93. The molecular formula is C23H25F4N5O3. The summed E-state index contributed by atoms with van der Waals surface area (Å²) in [5, 5.41) is 10.6. The molecule has 3 rings (SSSR count). The molecule has 0 bridgehead atoms. The molecule has 1 N–H and O–H groups in total. The number of carbonyl (C=O) groups is 1. The molecule has 12 heteroatoms. The van der Waals surface area contributed by atoms with Crippen LogP contribution in [0.5, 0.6) is 0 Å². The molecule has 0 spiro atoms. The van der Waals surface area contributed by atoms with E-state index in [1.165, 1.54) is 6.33 Å². The summed E-state index contributed by atoms with van der Waals surface area (Å²) in [6.45, 7) is 7.24. The van der Waals surface area contributed by atoms with E-state index >= 15 is 4.39 Å². The number of aromatic nitrogens is 4. The number of hydrogen-bond donors (Lipinski definition) is 1. The number of allylic oxidation sites excluding steroid dienone is 2. The number of oxazole rings is 1. The number of nitrogens with zero attached hydrogens (tertiary/aromatic N) is 4. The van der Waals surface area contributed by atoms with Gasteiger partial charge in [0.15, 0.2) is 11.4 Å². The summed E-state index contributed by atoms with van der Waals surface area (Å²) in [5.41, 5.74) is -1.54. The molecule has 2 heterocycles. The van der Waals surface area contributed by atoms with Crippen LogP contribution < -0.4 is 5.32 Å². The van der Waals surface area contributed by atoms with Gasteiger partial charge >= 0.3 is 12.1 Å². The van der Waals surface area contributed by atoms with Crippen LogP contribution in [0.1, 0.15) is 54.3 Å². The summed E-state index contributed by atoms with van der Waals surface area (Å²) in [7, 11) is 2.78. The van der Waals surface area contributed by atoms with Gasteiger partial charge in [-0.25, -0.2) is 14.2 Å². The van der Waals surface area contributed by atoms with E-state index in [0.29, 0.717) is 23.9 Å². The second kappa shape index (κ2) is 10.3. The van der Waals surface area contributed by atoms with Crippen LogP contribution in [-0.2, 0) is 18.0 Å². The van der Waals surface area contributed by atoms with Crippen LogP contribution in [0.2, 0.25) is 0 Å². The van der Waals surface area contributed by atoms with Crippen molar-refractivity contribution < 1.29 is 31.5 Å². The van der Waals surface area contributed by atoms with Crippen molar-refractivity contribution in [2.75, 3.05) is 7.11 Å². The highest BCUT2D eigenvalue weighted by Crippen LogP contribution is 2.37. The zero-order chi connectivity index (χ0) is 25.9. The maximum atomic E-state index is 15.0. The van der Waals surface area contributed by atoms with E-state index in [-0.39, 0.29) is 29.1 Å². The third-order valence-electron chi connectivity index (χ3n) is 5.25. The molecule has 0 aliphatic rings. The number of esters is 1. The van der Waals surface area contributed by atoms with E-state index in [0.717, 1.165) is 13.2 Å². The molecular weight excluding hydrogens is 470 g/mol. The van der Waals surface area contributed by atoms with E-state index in [2.05, 4.69) is 31.8 Å². The number of hydrogen-bond acceptors (Lipinski definition) is 7. The van der Waals surface area contributed by atoms with E-state index < -0.39 is 35.5 Å². The zero-order valence-electron chi connectivity index (χ0n) is 19.6.